The molecule has 0 spiro atoms. The van der Waals surface area contributed by atoms with E-state index in [2.05, 4.69) is 100 Å². The van der Waals surface area contributed by atoms with Gasteiger partial charge < -0.3 is 9.97 Å². The summed E-state index contributed by atoms with van der Waals surface area (Å²) in [7, 11) is 0. The lowest BCUT2D eigenvalue weighted by Crippen LogP contribution is -1.92. The monoisotopic (exact) mass is 636 g/mol. The van der Waals surface area contributed by atoms with Crippen LogP contribution in [0.4, 0.5) is 0 Å². The highest BCUT2D eigenvalue weighted by Gasteiger charge is 2.21. The molecular weight excluding hydrogens is 585 g/mol. The number of rotatable bonds is 2. The van der Waals surface area contributed by atoms with Crippen molar-refractivity contribution in [2.24, 2.45) is 0 Å². The summed E-state index contributed by atoms with van der Waals surface area (Å²) in [4.78, 5) is 18.4. The van der Waals surface area contributed by atoms with E-state index >= 15 is 0 Å². The molecule has 9 heterocycles. The van der Waals surface area contributed by atoms with Gasteiger partial charge in [0, 0.05) is 22.1 Å². The number of hydrogen-bond acceptors (Lipinski definition) is 2. The Morgan fingerprint density at radius 1 is 0.521 bits per heavy atom. The number of benzene rings is 1. The Kier molecular flexibility index (Phi) is 9.27. The van der Waals surface area contributed by atoms with Crippen molar-refractivity contribution in [1.29, 1.82) is 0 Å². The first-order valence-corrected chi connectivity index (χ1v) is 18.6. The van der Waals surface area contributed by atoms with Crippen LogP contribution in [0.3, 0.4) is 0 Å². The highest BCUT2D eigenvalue weighted by atomic mass is 14.8. The van der Waals surface area contributed by atoms with Crippen molar-refractivity contribution in [1.82, 2.24) is 19.9 Å². The first kappa shape index (κ1) is 32.4. The van der Waals surface area contributed by atoms with E-state index in [-0.39, 0.29) is 0 Å². The summed E-state index contributed by atoms with van der Waals surface area (Å²) in [5.41, 5.74) is 22.7. The van der Waals surface area contributed by atoms with E-state index in [1.165, 1.54) is 110 Å². The second-order valence-electron chi connectivity index (χ2n) is 14.3. The molecule has 10 rings (SSSR count). The molecule has 3 aromatic heterocycles. The maximum Gasteiger partial charge on any atom is 0.0693 e. The van der Waals surface area contributed by atoms with E-state index in [0.29, 0.717) is 0 Å². The number of aromatic amines is 2. The van der Waals surface area contributed by atoms with Gasteiger partial charge in [0.1, 0.15) is 0 Å². The average Bonchev–Trinajstić information content (AvgIpc) is 3.74. The fraction of sp³-hybridized carbons (Fsp3) is 0.409. The van der Waals surface area contributed by atoms with Crippen LogP contribution in [-0.4, -0.2) is 19.9 Å². The van der Waals surface area contributed by atoms with Crippen LogP contribution in [-0.2, 0) is 25.7 Å². The molecule has 4 nitrogen and oxygen atoms in total. The predicted octanol–water partition coefficient (Wildman–Crippen LogP) is 11.8. The zero-order valence-electron chi connectivity index (χ0n) is 30.0. The van der Waals surface area contributed by atoms with Gasteiger partial charge in [0.2, 0.25) is 0 Å². The quantitative estimate of drug-likeness (QED) is 0.230. The van der Waals surface area contributed by atoms with Crippen LogP contribution in [0.5, 0.6) is 0 Å². The first-order chi connectivity index (χ1) is 23.3. The lowest BCUT2D eigenvalue weighted by Gasteiger charge is -2.07. The molecule has 48 heavy (non-hydrogen) atoms. The highest BCUT2D eigenvalue weighted by molar-refractivity contribution is 5.95. The Bertz CT molecular complexity index is 2080. The van der Waals surface area contributed by atoms with Gasteiger partial charge in [0.15, 0.2) is 0 Å². The zero-order valence-corrected chi connectivity index (χ0v) is 30.0. The third kappa shape index (κ3) is 6.22. The van der Waals surface area contributed by atoms with E-state index in [4.69, 9.17) is 9.97 Å². The van der Waals surface area contributed by atoms with E-state index in [9.17, 15) is 0 Å². The summed E-state index contributed by atoms with van der Waals surface area (Å²) in [6.45, 7) is 13.6. The maximum absolute atomic E-state index is 5.34. The smallest absolute Gasteiger partial charge is 0.0693 e. The van der Waals surface area contributed by atoms with Gasteiger partial charge >= 0.3 is 0 Å². The Morgan fingerprint density at radius 3 is 1.79 bits per heavy atom. The average molecular weight is 637 g/mol. The minimum Gasteiger partial charge on any atom is -0.355 e. The van der Waals surface area contributed by atoms with Crippen molar-refractivity contribution >= 4 is 44.4 Å². The number of nitrogens with zero attached hydrogens (tertiary/aromatic N) is 2. The third-order valence-corrected chi connectivity index (χ3v) is 11.3. The summed E-state index contributed by atoms with van der Waals surface area (Å²) in [6, 6.07) is 18.7. The van der Waals surface area contributed by atoms with Gasteiger partial charge in [-0.2, -0.15) is 0 Å². The Labute approximate surface area is 286 Å². The van der Waals surface area contributed by atoms with Crippen LogP contribution in [0.15, 0.2) is 48.5 Å². The van der Waals surface area contributed by atoms with Gasteiger partial charge in [-0.25, -0.2) is 9.97 Å². The fourth-order valence-electron chi connectivity index (χ4n) is 8.24. The van der Waals surface area contributed by atoms with Gasteiger partial charge in [-0.1, -0.05) is 51.0 Å². The topological polar surface area (TPSA) is 57.4 Å². The van der Waals surface area contributed by atoms with Crippen LogP contribution in [0, 0.1) is 13.8 Å². The molecule has 12 bridgehead atoms. The van der Waals surface area contributed by atoms with Crippen LogP contribution < -0.4 is 0 Å². The zero-order chi connectivity index (χ0) is 33.4. The van der Waals surface area contributed by atoms with E-state index < -0.39 is 0 Å². The molecule has 248 valence electrons. The second-order valence-corrected chi connectivity index (χ2v) is 14.3. The number of allylic oxidation sites excluding steroid dienone is 4. The lowest BCUT2D eigenvalue weighted by molar-refractivity contribution is 0.678. The maximum atomic E-state index is 5.34. The molecule has 0 saturated heterocycles. The minimum atomic E-state index is 0.953. The summed E-state index contributed by atoms with van der Waals surface area (Å²) < 4.78 is 0. The summed E-state index contributed by atoms with van der Waals surface area (Å²) in [5.74, 6) is 0. The molecule has 2 N–H and O–H groups in total. The fourth-order valence-corrected chi connectivity index (χ4v) is 8.24. The molecule has 4 heteroatoms. The van der Waals surface area contributed by atoms with Gasteiger partial charge in [-0.3, -0.25) is 0 Å². The lowest BCUT2D eigenvalue weighted by atomic mass is 9.97. The summed E-state index contributed by atoms with van der Waals surface area (Å²) >= 11 is 0. The minimum absolute atomic E-state index is 0.953. The molecule has 6 aliphatic rings. The molecule has 4 aromatic rings. The SMILES string of the molecule is CCC1=C(C)c2cc3nc4cc5[nH]c(cc6[nH]c(cc1n2)c(c6C)CCCCCc1ccc(cc1)CCCCCC4=C3C)c(C)c5CC. The molecule has 0 aliphatic carbocycles. The molecular formula is C44H52N4. The van der Waals surface area contributed by atoms with Gasteiger partial charge in [-0.15, -0.1) is 0 Å². The number of H-pyrrole nitrogens is 2. The Morgan fingerprint density at radius 2 is 1.10 bits per heavy atom. The summed E-state index contributed by atoms with van der Waals surface area (Å²) in [5, 5.41) is 0. The number of nitrogens with one attached hydrogen (secondary N) is 2. The number of hydrogen-bond donors (Lipinski definition) is 2. The molecule has 0 saturated carbocycles. The molecule has 0 unspecified atom stereocenters. The molecule has 0 radical (unpaired) electrons. The molecule has 1 aromatic carbocycles. The third-order valence-electron chi connectivity index (χ3n) is 11.3. The second kappa shape index (κ2) is 13.7. The van der Waals surface area contributed by atoms with Crippen molar-refractivity contribution in [2.75, 3.05) is 0 Å². The predicted molar refractivity (Wildman–Crippen MR) is 205 cm³/mol. The Hall–Kier alpha value is -4.18. The molecule has 0 fully saturated rings. The van der Waals surface area contributed by atoms with E-state index in [1.54, 1.807) is 0 Å². The van der Waals surface area contributed by atoms with Crippen LogP contribution in [0.2, 0.25) is 0 Å². The van der Waals surface area contributed by atoms with Gasteiger partial charge in [0.05, 0.1) is 22.8 Å². The van der Waals surface area contributed by atoms with E-state index in [1.807, 2.05) is 0 Å². The molecule has 0 atom stereocenters. The van der Waals surface area contributed by atoms with Crippen molar-refractivity contribution in [3.63, 3.8) is 0 Å². The standard InChI is InChI=1S/C44H52N4/c1-7-33-27(3)37-23-39-30(6)36-18-14-10-12-16-32-21-19-31(20-22-32)15-11-9-13-17-35-29(5)40(47-43(35)25-41(33)45-37)24-38-28(4)34(8-2)42(46-38)26-44(36)48-39/h19-26,45,48H,7-18H2,1-6H3. The van der Waals surface area contributed by atoms with Crippen molar-refractivity contribution in [2.45, 2.75) is 119 Å². The number of aromatic nitrogens is 4. The van der Waals surface area contributed by atoms with E-state index in [0.717, 1.165) is 67.7 Å². The van der Waals surface area contributed by atoms with Crippen molar-refractivity contribution in [3.8, 4) is 0 Å². The molecule has 6 aliphatic heterocycles. The normalized spacial score (nSPS) is 16.1. The first-order valence-electron chi connectivity index (χ1n) is 18.6. The largest absolute Gasteiger partial charge is 0.355 e. The van der Waals surface area contributed by atoms with Crippen LogP contribution in [0.25, 0.3) is 44.4 Å². The Balaban J connectivity index is 1.47. The van der Waals surface area contributed by atoms with Crippen molar-refractivity contribution in [3.05, 3.63) is 105 Å². The number of aryl methyl sites for hydroxylation is 6. The summed E-state index contributed by atoms with van der Waals surface area (Å²) in [6.07, 6.45) is 13.6. The van der Waals surface area contributed by atoms with Crippen LogP contribution in [0.1, 0.15) is 135 Å². The van der Waals surface area contributed by atoms with Gasteiger partial charge in [-0.05, 0) is 172 Å². The van der Waals surface area contributed by atoms with Gasteiger partial charge in [0.25, 0.3) is 0 Å². The van der Waals surface area contributed by atoms with Crippen LogP contribution >= 0.6 is 0 Å². The molecule has 0 amide bonds. The highest BCUT2D eigenvalue weighted by Crippen LogP contribution is 2.38. The van der Waals surface area contributed by atoms with Crippen molar-refractivity contribution < 1.29 is 0 Å².